The van der Waals surface area contributed by atoms with E-state index in [1.807, 2.05) is 11.0 Å². The molecule has 1 atom stereocenters. The summed E-state index contributed by atoms with van der Waals surface area (Å²) < 4.78 is 0. The van der Waals surface area contributed by atoms with E-state index in [-0.39, 0.29) is 11.9 Å². The Morgan fingerprint density at radius 3 is 3.06 bits per heavy atom. The molecular weight excluding hydrogens is 218 g/mol. The molecule has 0 spiro atoms. The van der Waals surface area contributed by atoms with Crippen molar-refractivity contribution in [2.45, 2.75) is 19.9 Å². The van der Waals surface area contributed by atoms with Gasteiger partial charge in [-0.15, -0.1) is 0 Å². The Labute approximate surface area is 99.3 Å². The third kappa shape index (κ3) is 2.18. The number of rotatable bonds is 1. The lowest BCUT2D eigenvalue weighted by atomic mass is 10.2. The first-order chi connectivity index (χ1) is 8.11. The maximum atomic E-state index is 11.5. The molecule has 1 amide bonds. The van der Waals surface area contributed by atoms with E-state index in [9.17, 15) is 4.79 Å². The average Bonchev–Trinajstić information content (AvgIpc) is 2.31. The molecule has 1 aromatic heterocycles. The standard InChI is InChI=1S/C11H13N5O/c1-7-5-9(6-12)15-11(14-7)16-4-3-13-10(17)8(16)2/h5,8H,3-4H2,1-2H3,(H,13,17). The van der Waals surface area contributed by atoms with Crippen LogP contribution in [0.1, 0.15) is 18.3 Å². The van der Waals surface area contributed by atoms with Crippen molar-refractivity contribution in [2.24, 2.45) is 0 Å². The number of nitriles is 1. The highest BCUT2D eigenvalue weighted by Gasteiger charge is 2.27. The molecular formula is C11H13N5O. The summed E-state index contributed by atoms with van der Waals surface area (Å²) >= 11 is 0. The van der Waals surface area contributed by atoms with Crippen molar-refractivity contribution >= 4 is 11.9 Å². The Morgan fingerprint density at radius 1 is 1.59 bits per heavy atom. The van der Waals surface area contributed by atoms with E-state index in [1.54, 1.807) is 19.9 Å². The fourth-order valence-electron chi connectivity index (χ4n) is 1.79. The van der Waals surface area contributed by atoms with E-state index in [4.69, 9.17) is 5.26 Å². The van der Waals surface area contributed by atoms with Gasteiger partial charge >= 0.3 is 0 Å². The van der Waals surface area contributed by atoms with E-state index in [0.29, 0.717) is 24.7 Å². The highest BCUT2D eigenvalue weighted by Crippen LogP contribution is 2.14. The summed E-state index contributed by atoms with van der Waals surface area (Å²) in [5, 5.41) is 11.6. The molecule has 1 N–H and O–H groups in total. The molecule has 1 saturated heterocycles. The van der Waals surface area contributed by atoms with Crippen molar-refractivity contribution in [1.82, 2.24) is 15.3 Å². The lowest BCUT2D eigenvalue weighted by Crippen LogP contribution is -2.54. The number of aryl methyl sites for hydroxylation is 1. The molecule has 0 aromatic carbocycles. The van der Waals surface area contributed by atoms with Gasteiger partial charge in [0.2, 0.25) is 11.9 Å². The number of hydrogen-bond donors (Lipinski definition) is 1. The minimum atomic E-state index is -0.308. The summed E-state index contributed by atoms with van der Waals surface area (Å²) in [6, 6.07) is 3.31. The summed E-state index contributed by atoms with van der Waals surface area (Å²) in [6.07, 6.45) is 0. The molecule has 88 valence electrons. The predicted octanol–water partition coefficient (Wildman–Crippen LogP) is -0.0186. The van der Waals surface area contributed by atoms with Gasteiger partial charge in [-0.3, -0.25) is 4.79 Å². The number of nitrogens with one attached hydrogen (secondary N) is 1. The first kappa shape index (κ1) is 11.3. The maximum Gasteiger partial charge on any atom is 0.242 e. The largest absolute Gasteiger partial charge is 0.353 e. The summed E-state index contributed by atoms with van der Waals surface area (Å²) in [6.45, 7) is 4.83. The third-order valence-electron chi connectivity index (χ3n) is 2.71. The van der Waals surface area contributed by atoms with Gasteiger partial charge in [-0.2, -0.15) is 5.26 Å². The van der Waals surface area contributed by atoms with Crippen molar-refractivity contribution in [2.75, 3.05) is 18.0 Å². The van der Waals surface area contributed by atoms with Crippen LogP contribution in [-0.4, -0.2) is 35.0 Å². The van der Waals surface area contributed by atoms with E-state index in [0.717, 1.165) is 5.69 Å². The van der Waals surface area contributed by atoms with Crippen LogP contribution in [0.4, 0.5) is 5.95 Å². The number of carbonyl (C=O) groups excluding carboxylic acids is 1. The second-order valence-electron chi connectivity index (χ2n) is 3.97. The minimum absolute atomic E-state index is 0.0418. The van der Waals surface area contributed by atoms with Gasteiger partial charge in [-0.1, -0.05) is 0 Å². The Balaban J connectivity index is 2.36. The van der Waals surface area contributed by atoms with Crippen LogP contribution in [0.25, 0.3) is 0 Å². The quantitative estimate of drug-likeness (QED) is 0.734. The lowest BCUT2D eigenvalue weighted by Gasteiger charge is -2.32. The van der Waals surface area contributed by atoms with E-state index in [2.05, 4.69) is 15.3 Å². The highest BCUT2D eigenvalue weighted by atomic mass is 16.2. The van der Waals surface area contributed by atoms with Crippen molar-refractivity contribution in [3.8, 4) is 6.07 Å². The number of nitrogens with zero attached hydrogens (tertiary/aromatic N) is 4. The molecule has 2 rings (SSSR count). The first-order valence-electron chi connectivity index (χ1n) is 5.42. The number of carbonyl (C=O) groups is 1. The van der Waals surface area contributed by atoms with E-state index in [1.165, 1.54) is 0 Å². The molecule has 6 heteroatoms. The van der Waals surface area contributed by atoms with Crippen molar-refractivity contribution in [1.29, 1.82) is 5.26 Å². The van der Waals surface area contributed by atoms with Crippen molar-refractivity contribution < 1.29 is 4.79 Å². The third-order valence-corrected chi connectivity index (χ3v) is 2.71. The molecule has 0 aliphatic carbocycles. The Hall–Kier alpha value is -2.16. The SMILES string of the molecule is Cc1cc(C#N)nc(N2CCNC(=O)C2C)n1. The van der Waals surface area contributed by atoms with Crippen LogP contribution in [0, 0.1) is 18.3 Å². The van der Waals surface area contributed by atoms with Crippen LogP contribution in [0.3, 0.4) is 0 Å². The fraction of sp³-hybridized carbons (Fsp3) is 0.455. The molecule has 0 radical (unpaired) electrons. The molecule has 1 unspecified atom stereocenters. The van der Waals surface area contributed by atoms with Gasteiger partial charge in [-0.05, 0) is 19.9 Å². The Kier molecular flexibility index (Phi) is 2.91. The number of anilines is 1. The molecule has 1 aliphatic rings. The Morgan fingerprint density at radius 2 is 2.35 bits per heavy atom. The van der Waals surface area contributed by atoms with E-state index < -0.39 is 0 Å². The molecule has 0 saturated carbocycles. The van der Waals surface area contributed by atoms with Crippen LogP contribution in [0.2, 0.25) is 0 Å². The van der Waals surface area contributed by atoms with Crippen LogP contribution >= 0.6 is 0 Å². The second kappa shape index (κ2) is 4.37. The minimum Gasteiger partial charge on any atom is -0.353 e. The predicted molar refractivity (Wildman–Crippen MR) is 61.3 cm³/mol. The molecule has 1 fully saturated rings. The zero-order valence-electron chi connectivity index (χ0n) is 9.77. The van der Waals surface area contributed by atoms with Crippen molar-refractivity contribution in [3.63, 3.8) is 0 Å². The zero-order chi connectivity index (χ0) is 12.4. The summed E-state index contributed by atoms with van der Waals surface area (Å²) in [5.74, 6) is 0.406. The molecule has 1 aromatic rings. The normalized spacial score (nSPS) is 19.7. The number of hydrogen-bond acceptors (Lipinski definition) is 5. The molecule has 2 heterocycles. The smallest absolute Gasteiger partial charge is 0.242 e. The van der Waals surface area contributed by atoms with Gasteiger partial charge < -0.3 is 10.2 Å². The van der Waals surface area contributed by atoms with Gasteiger partial charge in [0.15, 0.2) is 0 Å². The van der Waals surface area contributed by atoms with Crippen LogP contribution in [0.5, 0.6) is 0 Å². The fourth-order valence-corrected chi connectivity index (χ4v) is 1.79. The van der Waals surface area contributed by atoms with Gasteiger partial charge in [0.1, 0.15) is 17.8 Å². The van der Waals surface area contributed by atoms with Gasteiger partial charge in [0.05, 0.1) is 0 Å². The maximum absolute atomic E-state index is 11.5. The lowest BCUT2D eigenvalue weighted by molar-refractivity contribution is -0.122. The molecule has 6 nitrogen and oxygen atoms in total. The monoisotopic (exact) mass is 231 g/mol. The summed E-state index contributed by atoms with van der Waals surface area (Å²) in [5.41, 5.74) is 1.05. The van der Waals surface area contributed by atoms with E-state index >= 15 is 0 Å². The van der Waals surface area contributed by atoms with Gasteiger partial charge in [-0.25, -0.2) is 9.97 Å². The Bertz CT molecular complexity index is 493. The summed E-state index contributed by atoms with van der Waals surface area (Å²) in [4.78, 5) is 21.8. The van der Waals surface area contributed by atoms with Crippen LogP contribution in [-0.2, 0) is 4.79 Å². The number of amides is 1. The van der Waals surface area contributed by atoms with Gasteiger partial charge in [0.25, 0.3) is 0 Å². The number of piperazine rings is 1. The molecule has 0 bridgehead atoms. The average molecular weight is 231 g/mol. The molecule has 17 heavy (non-hydrogen) atoms. The van der Waals surface area contributed by atoms with Crippen LogP contribution < -0.4 is 10.2 Å². The zero-order valence-corrected chi connectivity index (χ0v) is 9.77. The summed E-state index contributed by atoms with van der Waals surface area (Å²) in [7, 11) is 0. The topological polar surface area (TPSA) is 81.9 Å². The number of aromatic nitrogens is 2. The molecule has 1 aliphatic heterocycles. The second-order valence-corrected chi connectivity index (χ2v) is 3.97. The van der Waals surface area contributed by atoms with Crippen LogP contribution in [0.15, 0.2) is 6.07 Å². The highest BCUT2D eigenvalue weighted by molar-refractivity contribution is 5.85. The van der Waals surface area contributed by atoms with Gasteiger partial charge in [0, 0.05) is 18.8 Å². The first-order valence-corrected chi connectivity index (χ1v) is 5.42. The van der Waals surface area contributed by atoms with Crippen molar-refractivity contribution in [3.05, 3.63) is 17.5 Å².